The highest BCUT2D eigenvalue weighted by Gasteiger charge is 2.43. The first-order valence-corrected chi connectivity index (χ1v) is 10.6. The molecule has 0 N–H and O–H groups in total. The maximum absolute atomic E-state index is 6.18. The second kappa shape index (κ2) is 8.82. The predicted octanol–water partition coefficient (Wildman–Crippen LogP) is 5.13. The van der Waals surface area contributed by atoms with Crippen molar-refractivity contribution in [3.8, 4) is 11.5 Å². The molecule has 5 nitrogen and oxygen atoms in total. The van der Waals surface area contributed by atoms with E-state index in [1.54, 1.807) is 0 Å². The Morgan fingerprint density at radius 3 is 2.13 bits per heavy atom. The molecule has 0 amide bonds. The lowest BCUT2D eigenvalue weighted by Gasteiger charge is -2.17. The number of nitrogens with zero attached hydrogens (tertiary/aromatic N) is 1. The van der Waals surface area contributed by atoms with Gasteiger partial charge in [0.2, 0.25) is 0 Å². The number of hydrogen-bond donors (Lipinski definition) is 0. The van der Waals surface area contributed by atoms with Gasteiger partial charge in [-0.25, -0.2) is 0 Å². The minimum Gasteiger partial charge on any atom is -0.485 e. The fourth-order valence-electron chi connectivity index (χ4n) is 3.87. The normalized spacial score (nSPS) is 19.8. The van der Waals surface area contributed by atoms with Crippen molar-refractivity contribution in [1.29, 1.82) is 0 Å². The molecule has 2 aliphatic heterocycles. The summed E-state index contributed by atoms with van der Waals surface area (Å²) in [4.78, 5) is 5.76. The molecule has 31 heavy (non-hydrogen) atoms. The Morgan fingerprint density at radius 1 is 0.806 bits per heavy atom. The van der Waals surface area contributed by atoms with Crippen molar-refractivity contribution in [2.45, 2.75) is 31.7 Å². The van der Waals surface area contributed by atoms with Crippen molar-refractivity contribution in [2.75, 3.05) is 13.2 Å². The highest BCUT2D eigenvalue weighted by Crippen LogP contribution is 2.36. The summed E-state index contributed by atoms with van der Waals surface area (Å²) >= 11 is 0. The van der Waals surface area contributed by atoms with E-state index in [1.165, 1.54) is 0 Å². The van der Waals surface area contributed by atoms with E-state index in [2.05, 4.69) is 5.16 Å². The van der Waals surface area contributed by atoms with Gasteiger partial charge in [0.25, 0.3) is 0 Å². The molecule has 2 aliphatic rings. The van der Waals surface area contributed by atoms with E-state index < -0.39 is 0 Å². The highest BCUT2D eigenvalue weighted by molar-refractivity contribution is 6.02. The Labute approximate surface area is 182 Å². The molecule has 0 aromatic heterocycles. The van der Waals surface area contributed by atoms with Gasteiger partial charge in [0.15, 0.2) is 17.1 Å². The first kappa shape index (κ1) is 19.6. The lowest BCUT2D eigenvalue weighted by atomic mass is 9.93. The Hall–Kier alpha value is -3.31. The predicted molar refractivity (Wildman–Crippen MR) is 118 cm³/mol. The van der Waals surface area contributed by atoms with Gasteiger partial charge in [-0.2, -0.15) is 0 Å². The molecule has 1 spiro atoms. The Bertz CT molecular complexity index is 1040. The number of hydrogen-bond acceptors (Lipinski definition) is 5. The smallest absolute Gasteiger partial charge is 0.168 e. The quantitative estimate of drug-likeness (QED) is 0.537. The fourth-order valence-corrected chi connectivity index (χ4v) is 3.87. The molecule has 0 saturated carbocycles. The van der Waals surface area contributed by atoms with E-state index in [-0.39, 0.29) is 5.60 Å². The second-order valence-electron chi connectivity index (χ2n) is 8.00. The molecule has 1 unspecified atom stereocenters. The van der Waals surface area contributed by atoms with Crippen molar-refractivity contribution in [1.82, 2.24) is 0 Å². The van der Waals surface area contributed by atoms with E-state index in [1.807, 2.05) is 78.9 Å². The minimum atomic E-state index is -0.303. The summed E-state index contributed by atoms with van der Waals surface area (Å²) in [5, 5.41) is 4.36. The zero-order valence-corrected chi connectivity index (χ0v) is 17.3. The summed E-state index contributed by atoms with van der Waals surface area (Å²) in [7, 11) is 0. The van der Waals surface area contributed by atoms with Crippen molar-refractivity contribution in [3.05, 3.63) is 95.6 Å². The highest BCUT2D eigenvalue weighted by atomic mass is 16.7. The minimum absolute atomic E-state index is 0.303. The molecule has 1 saturated heterocycles. The standard InChI is InChI=1S/C26H25NO4/c1-3-7-20(8-4-1)17-29-24-12-11-22(23-16-26(31-27-23)13-14-28-19-26)15-25(24)30-18-21-9-5-2-6-10-21/h1-12,15H,13-14,16-19H2. The van der Waals surface area contributed by atoms with Crippen LogP contribution in [0.1, 0.15) is 29.5 Å². The van der Waals surface area contributed by atoms with Gasteiger partial charge in [-0.05, 0) is 29.3 Å². The number of rotatable bonds is 7. The van der Waals surface area contributed by atoms with E-state index >= 15 is 0 Å². The molecule has 5 rings (SSSR count). The molecule has 0 radical (unpaired) electrons. The third kappa shape index (κ3) is 4.57. The van der Waals surface area contributed by atoms with E-state index in [4.69, 9.17) is 19.0 Å². The van der Waals surface area contributed by atoms with Crippen molar-refractivity contribution >= 4 is 5.71 Å². The van der Waals surface area contributed by atoms with E-state index in [0.717, 1.165) is 41.9 Å². The largest absolute Gasteiger partial charge is 0.485 e. The molecule has 1 fully saturated rings. The van der Waals surface area contributed by atoms with Crippen LogP contribution in [0.15, 0.2) is 84.0 Å². The van der Waals surface area contributed by atoms with E-state index in [0.29, 0.717) is 31.3 Å². The topological polar surface area (TPSA) is 49.3 Å². The Morgan fingerprint density at radius 2 is 1.48 bits per heavy atom. The molecule has 0 bridgehead atoms. The first-order valence-electron chi connectivity index (χ1n) is 10.6. The molecule has 2 heterocycles. The Kier molecular flexibility index (Phi) is 5.59. The van der Waals surface area contributed by atoms with Gasteiger partial charge in [0, 0.05) is 18.4 Å². The SMILES string of the molecule is c1ccc(COc2ccc(C3=NOC4(CCOC4)C3)cc2OCc2ccccc2)cc1. The summed E-state index contributed by atoms with van der Waals surface area (Å²) < 4.78 is 17.8. The van der Waals surface area contributed by atoms with Gasteiger partial charge in [0.05, 0.1) is 18.9 Å². The third-order valence-electron chi connectivity index (χ3n) is 5.66. The molecule has 3 aromatic carbocycles. The lowest BCUT2D eigenvalue weighted by Crippen LogP contribution is -2.29. The fraction of sp³-hybridized carbons (Fsp3) is 0.269. The molecular formula is C26H25NO4. The van der Waals surface area contributed by atoms with Gasteiger partial charge in [-0.1, -0.05) is 65.8 Å². The van der Waals surface area contributed by atoms with Crippen LogP contribution in [0, 0.1) is 0 Å². The van der Waals surface area contributed by atoms with Gasteiger partial charge >= 0.3 is 0 Å². The van der Waals surface area contributed by atoms with Crippen LogP contribution >= 0.6 is 0 Å². The number of benzene rings is 3. The molecule has 5 heteroatoms. The molecular weight excluding hydrogens is 390 g/mol. The Balaban J connectivity index is 1.36. The van der Waals surface area contributed by atoms with Gasteiger partial charge in [-0.15, -0.1) is 0 Å². The van der Waals surface area contributed by atoms with Crippen LogP contribution < -0.4 is 9.47 Å². The van der Waals surface area contributed by atoms with Crippen molar-refractivity contribution in [2.24, 2.45) is 5.16 Å². The molecule has 3 aromatic rings. The first-order chi connectivity index (χ1) is 15.3. The van der Waals surface area contributed by atoms with Crippen LogP contribution in [0.2, 0.25) is 0 Å². The van der Waals surface area contributed by atoms with Gasteiger partial charge in [-0.3, -0.25) is 0 Å². The van der Waals surface area contributed by atoms with Crippen molar-refractivity contribution in [3.63, 3.8) is 0 Å². The summed E-state index contributed by atoms with van der Waals surface area (Å²) in [6.45, 7) is 2.26. The molecule has 0 aliphatic carbocycles. The third-order valence-corrected chi connectivity index (χ3v) is 5.66. The average Bonchev–Trinajstić information content (AvgIpc) is 3.47. The summed E-state index contributed by atoms with van der Waals surface area (Å²) in [5.74, 6) is 1.41. The number of ether oxygens (including phenoxy) is 3. The van der Waals surface area contributed by atoms with Crippen molar-refractivity contribution < 1.29 is 19.0 Å². The maximum atomic E-state index is 6.18. The monoisotopic (exact) mass is 415 g/mol. The van der Waals surface area contributed by atoms with Crippen LogP contribution in [-0.4, -0.2) is 24.5 Å². The lowest BCUT2D eigenvalue weighted by molar-refractivity contribution is -0.0237. The summed E-state index contributed by atoms with van der Waals surface area (Å²) in [6.07, 6.45) is 1.62. The van der Waals surface area contributed by atoms with Crippen LogP contribution in [0.3, 0.4) is 0 Å². The maximum Gasteiger partial charge on any atom is 0.168 e. The van der Waals surface area contributed by atoms with Gasteiger partial charge in [0.1, 0.15) is 13.2 Å². The van der Waals surface area contributed by atoms with Crippen LogP contribution in [0.5, 0.6) is 11.5 Å². The zero-order valence-electron chi connectivity index (χ0n) is 17.3. The van der Waals surface area contributed by atoms with Gasteiger partial charge < -0.3 is 19.0 Å². The summed E-state index contributed by atoms with van der Waals surface area (Å²) in [5.41, 5.74) is 3.81. The van der Waals surface area contributed by atoms with Crippen LogP contribution in [-0.2, 0) is 22.8 Å². The average molecular weight is 415 g/mol. The van der Waals surface area contributed by atoms with Crippen LogP contribution in [0.25, 0.3) is 0 Å². The number of oxime groups is 1. The molecule has 158 valence electrons. The zero-order chi connectivity index (χ0) is 20.9. The summed E-state index contributed by atoms with van der Waals surface area (Å²) in [6, 6.07) is 26.2. The second-order valence-corrected chi connectivity index (χ2v) is 8.00. The van der Waals surface area contributed by atoms with E-state index in [9.17, 15) is 0 Å². The van der Waals surface area contributed by atoms with Crippen LogP contribution in [0.4, 0.5) is 0 Å². The molecule has 1 atom stereocenters.